The number of rotatable bonds is 6. The van der Waals surface area contributed by atoms with E-state index in [1.807, 2.05) is 25.1 Å². The van der Waals surface area contributed by atoms with Gasteiger partial charge in [-0.1, -0.05) is 29.5 Å². The Balaban J connectivity index is 1.66. The van der Waals surface area contributed by atoms with Crippen LogP contribution < -0.4 is 5.01 Å². The molecule has 9 heteroatoms. The molecule has 2 heterocycles. The average molecular weight is 432 g/mol. The van der Waals surface area contributed by atoms with Gasteiger partial charge in [-0.05, 0) is 48.4 Å². The minimum atomic E-state index is -0.484. The van der Waals surface area contributed by atoms with Gasteiger partial charge in [0.25, 0.3) is 11.6 Å². The number of furan rings is 1. The summed E-state index contributed by atoms with van der Waals surface area (Å²) in [6, 6.07) is 15.3. The second-order valence-electron chi connectivity index (χ2n) is 6.56. The SMILES string of the molecule is Cc1ccc2nc(N(/N=C/c3ccco3)C(=O)/C=C/c3cccc([N+](=O)[O-])c3)sc2c1. The number of hydrazone groups is 1. The molecular weight excluding hydrogens is 416 g/mol. The van der Waals surface area contributed by atoms with Crippen molar-refractivity contribution in [2.75, 3.05) is 5.01 Å². The van der Waals surface area contributed by atoms with Gasteiger partial charge in [-0.3, -0.25) is 14.9 Å². The number of thiazole rings is 1. The lowest BCUT2D eigenvalue weighted by Gasteiger charge is -2.10. The zero-order chi connectivity index (χ0) is 21.8. The first kappa shape index (κ1) is 20.2. The quantitative estimate of drug-likeness (QED) is 0.181. The molecule has 2 aromatic carbocycles. The molecule has 31 heavy (non-hydrogen) atoms. The highest BCUT2D eigenvalue weighted by Gasteiger charge is 2.17. The summed E-state index contributed by atoms with van der Waals surface area (Å²) in [4.78, 5) is 28.0. The summed E-state index contributed by atoms with van der Waals surface area (Å²) < 4.78 is 6.19. The van der Waals surface area contributed by atoms with Crippen LogP contribution in [-0.4, -0.2) is 22.0 Å². The van der Waals surface area contributed by atoms with E-state index >= 15 is 0 Å². The molecule has 0 aliphatic rings. The fourth-order valence-electron chi connectivity index (χ4n) is 2.77. The van der Waals surface area contributed by atoms with Crippen molar-refractivity contribution >= 4 is 50.6 Å². The molecule has 2 aromatic heterocycles. The molecule has 0 saturated heterocycles. The number of fused-ring (bicyclic) bond motifs is 1. The molecule has 0 aliphatic heterocycles. The first-order valence-electron chi connectivity index (χ1n) is 9.21. The van der Waals surface area contributed by atoms with Crippen LogP contribution in [-0.2, 0) is 4.79 Å². The molecule has 154 valence electrons. The van der Waals surface area contributed by atoms with Crippen LogP contribution in [0.5, 0.6) is 0 Å². The second kappa shape index (κ2) is 8.72. The van der Waals surface area contributed by atoms with Crippen LogP contribution in [0.2, 0.25) is 0 Å². The van der Waals surface area contributed by atoms with Gasteiger partial charge in [-0.25, -0.2) is 4.98 Å². The predicted octanol–water partition coefficient (Wildman–Crippen LogP) is 5.19. The molecule has 0 radical (unpaired) electrons. The molecule has 4 rings (SSSR count). The van der Waals surface area contributed by atoms with Crippen molar-refractivity contribution in [2.45, 2.75) is 6.92 Å². The number of nitro benzene ring substituents is 1. The van der Waals surface area contributed by atoms with E-state index in [0.29, 0.717) is 16.5 Å². The molecule has 0 atom stereocenters. The molecule has 0 saturated carbocycles. The van der Waals surface area contributed by atoms with Crippen LogP contribution >= 0.6 is 11.3 Å². The predicted molar refractivity (Wildman–Crippen MR) is 120 cm³/mol. The van der Waals surface area contributed by atoms with Crippen molar-refractivity contribution < 1.29 is 14.1 Å². The van der Waals surface area contributed by atoms with E-state index in [1.54, 1.807) is 24.3 Å². The lowest BCUT2D eigenvalue weighted by molar-refractivity contribution is -0.384. The van der Waals surface area contributed by atoms with Gasteiger partial charge in [-0.2, -0.15) is 10.1 Å². The Labute approximate surface area is 180 Å². The zero-order valence-corrected chi connectivity index (χ0v) is 17.2. The average Bonchev–Trinajstić information content (AvgIpc) is 3.42. The number of carbonyl (C=O) groups is 1. The van der Waals surface area contributed by atoms with Crippen LogP contribution in [0, 0.1) is 17.0 Å². The first-order valence-corrected chi connectivity index (χ1v) is 10.0. The maximum absolute atomic E-state index is 13.0. The van der Waals surface area contributed by atoms with E-state index in [1.165, 1.54) is 53.1 Å². The number of anilines is 1. The summed E-state index contributed by atoms with van der Waals surface area (Å²) in [6.07, 6.45) is 5.74. The minimum Gasteiger partial charge on any atom is -0.463 e. The molecule has 0 unspecified atom stereocenters. The number of amides is 1. The summed E-state index contributed by atoms with van der Waals surface area (Å²) in [5.74, 6) is 0.0301. The monoisotopic (exact) mass is 432 g/mol. The first-order chi connectivity index (χ1) is 15.0. The van der Waals surface area contributed by atoms with E-state index in [2.05, 4.69) is 10.1 Å². The van der Waals surface area contributed by atoms with Crippen molar-refractivity contribution in [2.24, 2.45) is 5.10 Å². The van der Waals surface area contributed by atoms with Gasteiger partial charge in [0.2, 0.25) is 5.13 Å². The fourth-order valence-corrected chi connectivity index (χ4v) is 3.80. The van der Waals surface area contributed by atoms with Gasteiger partial charge in [-0.15, -0.1) is 0 Å². The molecule has 0 spiro atoms. The smallest absolute Gasteiger partial charge is 0.273 e. The minimum absolute atomic E-state index is 0.0520. The normalized spacial score (nSPS) is 11.5. The summed E-state index contributed by atoms with van der Waals surface area (Å²) in [6.45, 7) is 1.98. The maximum Gasteiger partial charge on any atom is 0.273 e. The van der Waals surface area contributed by atoms with Crippen LogP contribution in [0.15, 0.2) is 76.5 Å². The Hall–Kier alpha value is -4.11. The number of carbonyl (C=O) groups excluding carboxylic acids is 1. The number of benzene rings is 2. The van der Waals surface area contributed by atoms with Crippen molar-refractivity contribution in [3.05, 3.63) is 93.9 Å². The fraction of sp³-hybridized carbons (Fsp3) is 0.0455. The Morgan fingerprint density at radius 2 is 2.10 bits per heavy atom. The van der Waals surface area contributed by atoms with Gasteiger partial charge in [0.1, 0.15) is 5.76 Å². The standard InChI is InChI=1S/C22H16N4O4S/c1-15-7-9-19-20(12-15)31-22(24-19)25(23-14-18-6-3-11-30-18)21(27)10-8-16-4-2-5-17(13-16)26(28)29/h2-14H,1H3/b10-8+,23-14+. The van der Waals surface area contributed by atoms with E-state index in [4.69, 9.17) is 4.42 Å². The number of hydrogen-bond acceptors (Lipinski definition) is 7. The number of nitrogens with zero attached hydrogens (tertiary/aromatic N) is 4. The highest BCUT2D eigenvalue weighted by atomic mass is 32.1. The third kappa shape index (κ3) is 4.73. The number of nitro groups is 1. The summed E-state index contributed by atoms with van der Waals surface area (Å²) in [5, 5.41) is 16.8. The molecule has 1 amide bonds. The van der Waals surface area contributed by atoms with Crippen molar-refractivity contribution in [3.63, 3.8) is 0 Å². The van der Waals surface area contributed by atoms with E-state index in [9.17, 15) is 14.9 Å². The molecule has 0 aliphatic carbocycles. The number of hydrogen-bond donors (Lipinski definition) is 0. The second-order valence-corrected chi connectivity index (χ2v) is 7.57. The van der Waals surface area contributed by atoms with Gasteiger partial charge in [0.15, 0.2) is 0 Å². The maximum atomic E-state index is 13.0. The zero-order valence-electron chi connectivity index (χ0n) is 16.3. The van der Waals surface area contributed by atoms with Crippen molar-refractivity contribution in [1.29, 1.82) is 0 Å². The third-order valence-corrected chi connectivity index (χ3v) is 5.26. The molecule has 4 aromatic rings. The van der Waals surface area contributed by atoms with E-state index in [-0.39, 0.29) is 5.69 Å². The summed E-state index contributed by atoms with van der Waals surface area (Å²) >= 11 is 1.34. The largest absolute Gasteiger partial charge is 0.463 e. The summed E-state index contributed by atoms with van der Waals surface area (Å²) in [5.41, 5.74) is 2.32. The van der Waals surface area contributed by atoms with Crippen molar-refractivity contribution in [3.8, 4) is 0 Å². The van der Waals surface area contributed by atoms with E-state index < -0.39 is 10.8 Å². The highest BCUT2D eigenvalue weighted by Crippen LogP contribution is 2.30. The Bertz CT molecular complexity index is 1310. The molecule has 0 fully saturated rings. The number of aryl methyl sites for hydroxylation is 1. The number of non-ortho nitro benzene ring substituents is 1. The Morgan fingerprint density at radius 1 is 1.23 bits per heavy atom. The Morgan fingerprint density at radius 3 is 2.87 bits per heavy atom. The third-order valence-electron chi connectivity index (χ3n) is 4.27. The van der Waals surface area contributed by atoms with Crippen molar-refractivity contribution in [1.82, 2.24) is 4.98 Å². The molecule has 0 N–H and O–H groups in total. The van der Waals surface area contributed by atoms with E-state index in [0.717, 1.165) is 15.8 Å². The number of aromatic nitrogens is 1. The van der Waals surface area contributed by atoms with Gasteiger partial charge in [0, 0.05) is 18.2 Å². The van der Waals surface area contributed by atoms with Gasteiger partial charge < -0.3 is 4.42 Å². The van der Waals surface area contributed by atoms with Crippen LogP contribution in [0.1, 0.15) is 16.9 Å². The lowest BCUT2D eigenvalue weighted by Crippen LogP contribution is -2.23. The van der Waals surface area contributed by atoms with Gasteiger partial charge >= 0.3 is 0 Å². The van der Waals surface area contributed by atoms with Crippen LogP contribution in [0.4, 0.5) is 10.8 Å². The highest BCUT2D eigenvalue weighted by molar-refractivity contribution is 7.22. The summed E-state index contributed by atoms with van der Waals surface area (Å²) in [7, 11) is 0. The topological polar surface area (TPSA) is 102 Å². The van der Waals surface area contributed by atoms with Crippen LogP contribution in [0.25, 0.3) is 16.3 Å². The molecule has 0 bridgehead atoms. The lowest BCUT2D eigenvalue weighted by atomic mass is 10.2. The van der Waals surface area contributed by atoms with Crippen LogP contribution in [0.3, 0.4) is 0 Å². The molecule has 8 nitrogen and oxygen atoms in total. The Kier molecular flexibility index (Phi) is 5.67. The van der Waals surface area contributed by atoms with Gasteiger partial charge in [0.05, 0.1) is 27.6 Å². The molecular formula is C22H16N4O4S.